The van der Waals surface area contributed by atoms with E-state index in [0.29, 0.717) is 39.0 Å². The number of nitrogens with one attached hydrogen (secondary N) is 1. The molecule has 3 aromatic rings. The smallest absolute Gasteiger partial charge is 0.272 e. The second kappa shape index (κ2) is 10.5. The topological polar surface area (TPSA) is 105 Å². The van der Waals surface area contributed by atoms with E-state index >= 15 is 0 Å². The van der Waals surface area contributed by atoms with Crippen molar-refractivity contribution >= 4 is 52.3 Å². The number of likely N-dealkylation sites (N-methyl/N-ethyl adjacent to an activating group) is 1. The van der Waals surface area contributed by atoms with Crippen molar-refractivity contribution in [3.05, 3.63) is 99.0 Å². The van der Waals surface area contributed by atoms with E-state index in [4.69, 9.17) is 28.9 Å². The van der Waals surface area contributed by atoms with Crippen molar-refractivity contribution in [1.29, 1.82) is 0 Å². The van der Waals surface area contributed by atoms with Gasteiger partial charge in [-0.2, -0.15) is 0 Å². The molecule has 36 heavy (non-hydrogen) atoms. The van der Waals surface area contributed by atoms with Crippen LogP contribution < -0.4 is 16.0 Å². The van der Waals surface area contributed by atoms with E-state index in [1.807, 2.05) is 30.3 Å². The number of nitrogens with zero attached hydrogens (tertiary/aromatic N) is 2. The van der Waals surface area contributed by atoms with Gasteiger partial charge in [0.15, 0.2) is 0 Å². The van der Waals surface area contributed by atoms with Crippen LogP contribution in [0.15, 0.2) is 71.7 Å². The molecule has 2 atom stereocenters. The van der Waals surface area contributed by atoms with E-state index in [9.17, 15) is 14.4 Å². The van der Waals surface area contributed by atoms with Crippen LogP contribution in [0.4, 0.5) is 5.69 Å². The number of para-hydroxylation sites is 1. The summed E-state index contributed by atoms with van der Waals surface area (Å²) in [6.07, 6.45) is -0.734. The SMILES string of the molecule is CC(Cc1ccc(Cl)c(Cl)c1)C(=O)NC1N=C(c2ccc(C(N)=O)cc2)c2ccccc2N(C)C1=O. The Morgan fingerprint density at radius 3 is 2.42 bits per heavy atom. The predicted octanol–water partition coefficient (Wildman–Crippen LogP) is 4.23. The Morgan fingerprint density at radius 1 is 1.06 bits per heavy atom. The molecule has 0 bridgehead atoms. The zero-order valence-electron chi connectivity index (χ0n) is 19.7. The summed E-state index contributed by atoms with van der Waals surface area (Å²) in [5.74, 6) is -1.70. The number of hydrogen-bond donors (Lipinski definition) is 2. The van der Waals surface area contributed by atoms with Gasteiger partial charge in [0.1, 0.15) is 0 Å². The number of anilines is 1. The second-order valence-corrected chi connectivity index (χ2v) is 9.41. The number of benzodiazepines with no additional fused rings is 1. The molecule has 3 amide bonds. The molecule has 3 aromatic carbocycles. The van der Waals surface area contributed by atoms with Crippen LogP contribution in [0.1, 0.15) is 34.0 Å². The summed E-state index contributed by atoms with van der Waals surface area (Å²) in [4.78, 5) is 44.1. The quantitative estimate of drug-likeness (QED) is 0.505. The van der Waals surface area contributed by atoms with Crippen molar-refractivity contribution in [1.82, 2.24) is 5.32 Å². The number of halogens is 2. The van der Waals surface area contributed by atoms with Gasteiger partial charge in [-0.1, -0.05) is 66.5 Å². The van der Waals surface area contributed by atoms with Crippen molar-refractivity contribution in [2.24, 2.45) is 16.6 Å². The third-order valence-corrected chi connectivity index (χ3v) is 6.78. The molecule has 0 fully saturated rings. The van der Waals surface area contributed by atoms with E-state index in [0.717, 1.165) is 11.1 Å². The minimum Gasteiger partial charge on any atom is -0.366 e. The fourth-order valence-corrected chi connectivity index (χ4v) is 4.35. The van der Waals surface area contributed by atoms with Gasteiger partial charge in [-0.25, -0.2) is 4.99 Å². The number of carbonyl (C=O) groups is 3. The minimum atomic E-state index is -1.14. The van der Waals surface area contributed by atoms with Gasteiger partial charge in [0.2, 0.25) is 18.0 Å². The summed E-state index contributed by atoms with van der Waals surface area (Å²) in [7, 11) is 1.65. The van der Waals surface area contributed by atoms with Crippen LogP contribution in [0.3, 0.4) is 0 Å². The van der Waals surface area contributed by atoms with E-state index in [1.165, 1.54) is 4.90 Å². The van der Waals surface area contributed by atoms with E-state index in [-0.39, 0.29) is 11.8 Å². The first-order valence-corrected chi connectivity index (χ1v) is 12.0. The highest BCUT2D eigenvalue weighted by Crippen LogP contribution is 2.28. The second-order valence-electron chi connectivity index (χ2n) is 8.60. The lowest BCUT2D eigenvalue weighted by Gasteiger charge is -2.22. The molecular formula is C27H24Cl2N4O3. The Morgan fingerprint density at radius 2 is 1.75 bits per heavy atom. The zero-order chi connectivity index (χ0) is 26.0. The highest BCUT2D eigenvalue weighted by Gasteiger charge is 2.32. The number of fused-ring (bicyclic) bond motifs is 1. The van der Waals surface area contributed by atoms with Crippen LogP contribution in [-0.2, 0) is 16.0 Å². The van der Waals surface area contributed by atoms with Crippen LogP contribution in [-0.4, -0.2) is 36.6 Å². The summed E-state index contributed by atoms with van der Waals surface area (Å²) in [6, 6.07) is 19.2. The first kappa shape index (κ1) is 25.4. The third kappa shape index (κ3) is 5.27. The highest BCUT2D eigenvalue weighted by atomic mass is 35.5. The zero-order valence-corrected chi connectivity index (χ0v) is 21.2. The number of carbonyl (C=O) groups excluding carboxylic acids is 3. The molecule has 4 rings (SSSR count). The lowest BCUT2D eigenvalue weighted by atomic mass is 9.99. The number of nitrogens with two attached hydrogens (primary N) is 1. The average Bonchev–Trinajstić information content (AvgIpc) is 2.97. The number of aliphatic imine (C=N–C) groups is 1. The van der Waals surface area contributed by atoms with Gasteiger partial charge in [0, 0.05) is 29.7 Å². The van der Waals surface area contributed by atoms with Gasteiger partial charge in [-0.05, 0) is 42.3 Å². The van der Waals surface area contributed by atoms with Gasteiger partial charge < -0.3 is 16.0 Å². The number of hydrogen-bond acceptors (Lipinski definition) is 4. The largest absolute Gasteiger partial charge is 0.366 e. The standard InChI is InChI=1S/C27H24Cl2N4O3/c1-15(13-16-7-12-20(28)21(29)14-16)26(35)32-25-27(36)33(2)22-6-4-3-5-19(22)23(31-25)17-8-10-18(11-9-17)24(30)34/h3-12,14-15,25H,13H2,1-2H3,(H2,30,34)(H,32,35). The summed E-state index contributed by atoms with van der Waals surface area (Å²) < 4.78 is 0. The maximum absolute atomic E-state index is 13.3. The number of rotatable bonds is 6. The Bertz CT molecular complexity index is 1370. The van der Waals surface area contributed by atoms with Crippen molar-refractivity contribution in [3.63, 3.8) is 0 Å². The monoisotopic (exact) mass is 522 g/mol. The number of benzene rings is 3. The van der Waals surface area contributed by atoms with Crippen LogP contribution >= 0.6 is 23.2 Å². The molecule has 3 N–H and O–H groups in total. The number of amides is 3. The first-order valence-electron chi connectivity index (χ1n) is 11.2. The first-order chi connectivity index (χ1) is 17.2. The molecule has 0 saturated carbocycles. The maximum Gasteiger partial charge on any atom is 0.272 e. The molecule has 0 aromatic heterocycles. The van der Waals surface area contributed by atoms with E-state index in [1.54, 1.807) is 50.4 Å². The Labute approximate surface area is 218 Å². The predicted molar refractivity (Wildman–Crippen MR) is 142 cm³/mol. The molecule has 0 saturated heterocycles. The molecule has 0 aliphatic carbocycles. The molecule has 0 spiro atoms. The summed E-state index contributed by atoms with van der Waals surface area (Å²) >= 11 is 12.1. The van der Waals surface area contributed by atoms with Gasteiger partial charge in [-0.3, -0.25) is 14.4 Å². The Kier molecular flexibility index (Phi) is 7.43. The molecule has 2 unspecified atom stereocenters. The molecular weight excluding hydrogens is 499 g/mol. The average molecular weight is 523 g/mol. The summed E-state index contributed by atoms with van der Waals surface area (Å²) in [5, 5.41) is 3.65. The fourth-order valence-electron chi connectivity index (χ4n) is 4.03. The highest BCUT2D eigenvalue weighted by molar-refractivity contribution is 6.42. The van der Waals surface area contributed by atoms with Gasteiger partial charge in [0.25, 0.3) is 5.91 Å². The fraction of sp³-hybridized carbons (Fsp3) is 0.185. The van der Waals surface area contributed by atoms with E-state index < -0.39 is 18.0 Å². The van der Waals surface area contributed by atoms with Crippen LogP contribution in [0.25, 0.3) is 0 Å². The van der Waals surface area contributed by atoms with Crippen molar-refractivity contribution in [3.8, 4) is 0 Å². The molecule has 7 nitrogen and oxygen atoms in total. The molecule has 0 radical (unpaired) electrons. The molecule has 1 heterocycles. The van der Waals surface area contributed by atoms with Crippen molar-refractivity contribution in [2.45, 2.75) is 19.5 Å². The minimum absolute atomic E-state index is 0.328. The van der Waals surface area contributed by atoms with Crippen molar-refractivity contribution in [2.75, 3.05) is 11.9 Å². The Balaban J connectivity index is 1.65. The molecule has 184 valence electrons. The Hall–Kier alpha value is -3.68. The maximum atomic E-state index is 13.3. The normalized spacial score (nSPS) is 16.0. The molecule has 1 aliphatic rings. The lowest BCUT2D eigenvalue weighted by Crippen LogP contribution is -2.47. The summed E-state index contributed by atoms with van der Waals surface area (Å²) in [5.41, 5.74) is 9.15. The van der Waals surface area contributed by atoms with Crippen molar-refractivity contribution < 1.29 is 14.4 Å². The number of primary amides is 1. The van der Waals surface area contributed by atoms with Gasteiger partial charge >= 0.3 is 0 Å². The summed E-state index contributed by atoms with van der Waals surface area (Å²) in [6.45, 7) is 1.77. The van der Waals surface area contributed by atoms with Crippen LogP contribution in [0.5, 0.6) is 0 Å². The van der Waals surface area contributed by atoms with Crippen LogP contribution in [0, 0.1) is 5.92 Å². The lowest BCUT2D eigenvalue weighted by molar-refractivity contribution is -0.129. The van der Waals surface area contributed by atoms with Gasteiger partial charge in [-0.15, -0.1) is 0 Å². The van der Waals surface area contributed by atoms with Crippen LogP contribution in [0.2, 0.25) is 10.0 Å². The van der Waals surface area contributed by atoms with E-state index in [2.05, 4.69) is 10.3 Å². The molecule has 9 heteroatoms. The third-order valence-electron chi connectivity index (χ3n) is 6.04. The molecule has 1 aliphatic heterocycles. The van der Waals surface area contributed by atoms with Gasteiger partial charge in [0.05, 0.1) is 21.4 Å².